The van der Waals surface area contributed by atoms with Crippen LogP contribution in [0.15, 0.2) is 29.3 Å². The van der Waals surface area contributed by atoms with Crippen molar-refractivity contribution in [1.29, 1.82) is 0 Å². The minimum atomic E-state index is -0.216. The van der Waals surface area contributed by atoms with E-state index in [4.69, 9.17) is 4.74 Å². The zero-order valence-electron chi connectivity index (χ0n) is 15.6. The predicted octanol–water partition coefficient (Wildman–Crippen LogP) is 3.87. The summed E-state index contributed by atoms with van der Waals surface area (Å²) in [5.74, 6) is 0.584. The minimum absolute atomic E-state index is 0.216. The Bertz CT molecular complexity index is 541. The van der Waals surface area contributed by atoms with Crippen LogP contribution < -0.4 is 10.6 Å². The lowest BCUT2D eigenvalue weighted by Crippen LogP contribution is -2.43. The summed E-state index contributed by atoms with van der Waals surface area (Å²) in [7, 11) is 0. The smallest absolute Gasteiger partial charge is 0.191 e. The van der Waals surface area contributed by atoms with Crippen molar-refractivity contribution in [1.82, 2.24) is 10.6 Å². The normalized spacial score (nSPS) is 16.8. The highest BCUT2D eigenvalue weighted by Gasteiger charge is 2.33. The molecule has 1 aliphatic rings. The number of aliphatic imine (C=N–C) groups is 1. The summed E-state index contributed by atoms with van der Waals surface area (Å²) in [6.45, 7) is 7.90. The lowest BCUT2D eigenvalue weighted by atomic mass is 9.83. The van der Waals surface area contributed by atoms with Gasteiger partial charge in [0.05, 0.1) is 6.54 Å². The van der Waals surface area contributed by atoms with E-state index in [1.165, 1.54) is 37.8 Å². The van der Waals surface area contributed by atoms with Crippen LogP contribution in [0, 0.1) is 11.2 Å². The van der Waals surface area contributed by atoms with Crippen molar-refractivity contribution in [3.05, 3.63) is 35.6 Å². The predicted molar refractivity (Wildman–Crippen MR) is 101 cm³/mol. The fraction of sp³-hybridized carbons (Fsp3) is 0.650. The number of rotatable bonds is 9. The van der Waals surface area contributed by atoms with Crippen LogP contribution in [0.4, 0.5) is 4.39 Å². The molecule has 0 atom stereocenters. The summed E-state index contributed by atoms with van der Waals surface area (Å²) in [6.07, 6.45) is 6.18. The molecule has 1 aromatic carbocycles. The van der Waals surface area contributed by atoms with Gasteiger partial charge in [-0.2, -0.15) is 0 Å². The topological polar surface area (TPSA) is 45.7 Å². The summed E-state index contributed by atoms with van der Waals surface area (Å²) in [6, 6.07) is 6.62. The van der Waals surface area contributed by atoms with Crippen molar-refractivity contribution in [2.24, 2.45) is 10.4 Å². The van der Waals surface area contributed by atoms with E-state index < -0.39 is 0 Å². The van der Waals surface area contributed by atoms with Gasteiger partial charge in [0, 0.05) is 26.3 Å². The van der Waals surface area contributed by atoms with Gasteiger partial charge < -0.3 is 15.4 Å². The Morgan fingerprint density at radius 1 is 1.24 bits per heavy atom. The third kappa shape index (κ3) is 6.65. The number of nitrogens with zero attached hydrogens (tertiary/aromatic N) is 1. The minimum Gasteiger partial charge on any atom is -0.382 e. The molecule has 140 valence electrons. The molecule has 1 aliphatic carbocycles. The van der Waals surface area contributed by atoms with Gasteiger partial charge in [-0.05, 0) is 56.2 Å². The van der Waals surface area contributed by atoms with E-state index in [9.17, 15) is 4.39 Å². The molecule has 0 heterocycles. The molecule has 0 spiro atoms. The molecule has 0 bridgehead atoms. The molecule has 2 rings (SSSR count). The second kappa shape index (κ2) is 10.4. The fourth-order valence-corrected chi connectivity index (χ4v) is 3.49. The third-order valence-corrected chi connectivity index (χ3v) is 4.93. The van der Waals surface area contributed by atoms with Crippen molar-refractivity contribution in [2.75, 3.05) is 26.3 Å². The standard InChI is InChI=1S/C20H32FN3O/c1-3-22-19(23-15-17-8-7-9-18(21)14-17)24-16-20(10-5-6-11-20)12-13-25-4-2/h7-9,14H,3-6,10-13,15-16H2,1-2H3,(H2,22,23,24). The van der Waals surface area contributed by atoms with Crippen LogP contribution in [-0.2, 0) is 11.3 Å². The number of nitrogens with one attached hydrogen (secondary N) is 2. The van der Waals surface area contributed by atoms with Gasteiger partial charge in [0.2, 0.25) is 0 Å². The van der Waals surface area contributed by atoms with Crippen molar-refractivity contribution < 1.29 is 9.13 Å². The molecule has 0 saturated heterocycles. The lowest BCUT2D eigenvalue weighted by molar-refractivity contribution is 0.105. The molecular formula is C20H32FN3O. The van der Waals surface area contributed by atoms with Crippen LogP contribution in [0.25, 0.3) is 0 Å². The molecule has 0 radical (unpaired) electrons. The SMILES string of the molecule is CCNC(=NCc1cccc(F)c1)NCC1(CCOCC)CCCC1. The van der Waals surface area contributed by atoms with Gasteiger partial charge in [0.15, 0.2) is 5.96 Å². The van der Waals surface area contributed by atoms with Crippen molar-refractivity contribution in [3.8, 4) is 0 Å². The molecule has 5 heteroatoms. The molecular weight excluding hydrogens is 317 g/mol. The Morgan fingerprint density at radius 3 is 2.72 bits per heavy atom. The number of benzene rings is 1. The first kappa shape index (κ1) is 19.7. The Labute approximate surface area is 151 Å². The highest BCUT2D eigenvalue weighted by Crippen LogP contribution is 2.40. The summed E-state index contributed by atoms with van der Waals surface area (Å²) in [5, 5.41) is 6.79. The van der Waals surface area contributed by atoms with Crippen LogP contribution in [0.2, 0.25) is 0 Å². The summed E-state index contributed by atoms with van der Waals surface area (Å²) in [4.78, 5) is 4.61. The number of guanidine groups is 1. The fourth-order valence-electron chi connectivity index (χ4n) is 3.49. The van der Waals surface area contributed by atoms with Crippen molar-refractivity contribution in [3.63, 3.8) is 0 Å². The molecule has 1 saturated carbocycles. The van der Waals surface area contributed by atoms with Crippen LogP contribution >= 0.6 is 0 Å². The lowest BCUT2D eigenvalue weighted by Gasteiger charge is -2.30. The Hall–Kier alpha value is -1.62. The molecule has 1 aromatic rings. The maximum atomic E-state index is 13.3. The van der Waals surface area contributed by atoms with E-state index in [1.54, 1.807) is 6.07 Å². The zero-order valence-corrected chi connectivity index (χ0v) is 15.6. The third-order valence-electron chi connectivity index (χ3n) is 4.93. The summed E-state index contributed by atoms with van der Waals surface area (Å²) >= 11 is 0. The van der Waals surface area contributed by atoms with E-state index >= 15 is 0 Å². The maximum absolute atomic E-state index is 13.3. The molecule has 2 N–H and O–H groups in total. The molecule has 25 heavy (non-hydrogen) atoms. The van der Waals surface area contributed by atoms with Gasteiger partial charge in [-0.1, -0.05) is 25.0 Å². The monoisotopic (exact) mass is 349 g/mol. The van der Waals surface area contributed by atoms with Gasteiger partial charge in [-0.15, -0.1) is 0 Å². The number of hydrogen-bond donors (Lipinski definition) is 2. The number of halogens is 1. The maximum Gasteiger partial charge on any atom is 0.191 e. The van der Waals surface area contributed by atoms with Gasteiger partial charge in [0.1, 0.15) is 5.82 Å². The first-order chi connectivity index (χ1) is 12.2. The molecule has 0 aromatic heterocycles. The largest absolute Gasteiger partial charge is 0.382 e. The van der Waals surface area contributed by atoms with Crippen LogP contribution in [0.3, 0.4) is 0 Å². The highest BCUT2D eigenvalue weighted by atomic mass is 19.1. The van der Waals surface area contributed by atoms with E-state index in [0.29, 0.717) is 12.0 Å². The van der Waals surface area contributed by atoms with Crippen molar-refractivity contribution in [2.45, 2.75) is 52.5 Å². The van der Waals surface area contributed by atoms with E-state index in [0.717, 1.165) is 44.2 Å². The average molecular weight is 349 g/mol. The Balaban J connectivity index is 1.93. The molecule has 4 nitrogen and oxygen atoms in total. The molecule has 0 aliphatic heterocycles. The second-order valence-corrected chi connectivity index (χ2v) is 6.83. The summed E-state index contributed by atoms with van der Waals surface area (Å²) < 4.78 is 18.9. The molecule has 1 fully saturated rings. The van der Waals surface area contributed by atoms with Crippen LogP contribution in [-0.4, -0.2) is 32.3 Å². The molecule has 0 amide bonds. The van der Waals surface area contributed by atoms with E-state index in [1.807, 2.05) is 13.0 Å². The number of hydrogen-bond acceptors (Lipinski definition) is 2. The molecule has 0 unspecified atom stereocenters. The Kier molecular flexibility index (Phi) is 8.19. The van der Waals surface area contributed by atoms with Gasteiger partial charge in [-0.25, -0.2) is 9.38 Å². The van der Waals surface area contributed by atoms with Crippen LogP contribution in [0.5, 0.6) is 0 Å². The van der Waals surface area contributed by atoms with Gasteiger partial charge >= 0.3 is 0 Å². The summed E-state index contributed by atoms with van der Waals surface area (Å²) in [5.41, 5.74) is 1.19. The first-order valence-corrected chi connectivity index (χ1v) is 9.52. The first-order valence-electron chi connectivity index (χ1n) is 9.52. The van der Waals surface area contributed by atoms with Crippen molar-refractivity contribution >= 4 is 5.96 Å². The quantitative estimate of drug-likeness (QED) is 0.404. The van der Waals surface area contributed by atoms with E-state index in [2.05, 4.69) is 22.5 Å². The van der Waals surface area contributed by atoms with E-state index in [-0.39, 0.29) is 5.82 Å². The second-order valence-electron chi connectivity index (χ2n) is 6.83. The van der Waals surface area contributed by atoms with Crippen LogP contribution in [0.1, 0.15) is 51.5 Å². The van der Waals surface area contributed by atoms with Gasteiger partial charge in [-0.3, -0.25) is 0 Å². The zero-order chi connectivity index (χ0) is 18.0. The Morgan fingerprint density at radius 2 is 2.04 bits per heavy atom. The highest BCUT2D eigenvalue weighted by molar-refractivity contribution is 5.79. The number of ether oxygens (including phenoxy) is 1. The van der Waals surface area contributed by atoms with Gasteiger partial charge in [0.25, 0.3) is 0 Å². The average Bonchev–Trinajstić information content (AvgIpc) is 3.07.